The molecule has 0 radical (unpaired) electrons. The van der Waals surface area contributed by atoms with Crippen molar-refractivity contribution < 1.29 is 13.5 Å². The summed E-state index contributed by atoms with van der Waals surface area (Å²) in [5.74, 6) is 0.200. The zero-order valence-electron chi connectivity index (χ0n) is 8.10. The molecule has 13 heavy (non-hydrogen) atoms. The number of piperidine rings is 1. The molecule has 1 N–H and O–H groups in total. The van der Waals surface area contributed by atoms with E-state index in [0.717, 1.165) is 0 Å². The van der Waals surface area contributed by atoms with Crippen molar-refractivity contribution in [1.82, 2.24) is 4.31 Å². The molecule has 78 valence electrons. The van der Waals surface area contributed by atoms with Crippen molar-refractivity contribution >= 4 is 10.0 Å². The van der Waals surface area contributed by atoms with Gasteiger partial charge in [-0.3, -0.25) is 0 Å². The number of nitrogens with zero attached hydrogens (tertiary/aromatic N) is 1. The van der Waals surface area contributed by atoms with Crippen LogP contribution in [0.25, 0.3) is 0 Å². The van der Waals surface area contributed by atoms with Crippen molar-refractivity contribution in [2.45, 2.75) is 26.4 Å². The number of rotatable bonds is 2. The number of hydrogen-bond acceptors (Lipinski definition) is 3. The predicted molar refractivity (Wildman–Crippen MR) is 50.8 cm³/mol. The molecule has 1 saturated heterocycles. The van der Waals surface area contributed by atoms with Crippen LogP contribution in [0.1, 0.15) is 20.3 Å². The third-order valence-corrected chi connectivity index (χ3v) is 4.43. The van der Waals surface area contributed by atoms with Gasteiger partial charge in [-0.25, -0.2) is 12.7 Å². The number of hydrogen-bond donors (Lipinski definition) is 1. The minimum atomic E-state index is -3.06. The predicted octanol–water partition coefficient (Wildman–Crippen LogP) is 0.0388. The van der Waals surface area contributed by atoms with Crippen LogP contribution in [0.5, 0.6) is 0 Å². The fourth-order valence-corrected chi connectivity index (χ4v) is 2.74. The summed E-state index contributed by atoms with van der Waals surface area (Å²) in [5, 5.41) is 9.41. The molecular formula is C8H17NO3S. The Labute approximate surface area is 79.6 Å². The minimum Gasteiger partial charge on any atom is -0.393 e. The molecule has 1 heterocycles. The number of sulfonamides is 1. The van der Waals surface area contributed by atoms with Crippen LogP contribution in [-0.2, 0) is 10.0 Å². The first-order valence-corrected chi connectivity index (χ1v) is 6.24. The SMILES string of the molecule is CCS(=O)(=O)N1CCC(O)C(C)C1. The largest absolute Gasteiger partial charge is 0.393 e. The molecule has 1 aliphatic rings. The van der Waals surface area contributed by atoms with Crippen molar-refractivity contribution in [2.75, 3.05) is 18.8 Å². The first-order valence-electron chi connectivity index (χ1n) is 4.63. The highest BCUT2D eigenvalue weighted by molar-refractivity contribution is 7.89. The van der Waals surface area contributed by atoms with Crippen molar-refractivity contribution in [3.63, 3.8) is 0 Å². The Kier molecular flexibility index (Phi) is 3.32. The monoisotopic (exact) mass is 207 g/mol. The maximum atomic E-state index is 11.5. The third-order valence-electron chi connectivity index (χ3n) is 2.58. The molecule has 1 rings (SSSR count). The van der Waals surface area contributed by atoms with Gasteiger partial charge >= 0.3 is 0 Å². The molecule has 1 fully saturated rings. The lowest BCUT2D eigenvalue weighted by atomic mass is 9.99. The van der Waals surface area contributed by atoms with Gasteiger partial charge in [-0.1, -0.05) is 6.92 Å². The van der Waals surface area contributed by atoms with Crippen LogP contribution in [0.3, 0.4) is 0 Å². The third kappa shape index (κ3) is 2.42. The fraction of sp³-hybridized carbons (Fsp3) is 1.00. The van der Waals surface area contributed by atoms with Gasteiger partial charge in [0.2, 0.25) is 10.0 Å². The standard InChI is InChI=1S/C8H17NO3S/c1-3-13(11,12)9-5-4-8(10)7(2)6-9/h7-8,10H,3-6H2,1-2H3. The minimum absolute atomic E-state index is 0.0510. The fourth-order valence-electron chi connectivity index (χ4n) is 1.53. The van der Waals surface area contributed by atoms with E-state index >= 15 is 0 Å². The molecule has 0 amide bonds. The highest BCUT2D eigenvalue weighted by atomic mass is 32.2. The normalized spacial score (nSPS) is 31.9. The molecule has 1 aliphatic heterocycles. The van der Waals surface area contributed by atoms with Crippen molar-refractivity contribution in [1.29, 1.82) is 0 Å². The van der Waals surface area contributed by atoms with E-state index in [4.69, 9.17) is 0 Å². The molecule has 0 spiro atoms. The lowest BCUT2D eigenvalue weighted by Crippen LogP contribution is -2.45. The summed E-state index contributed by atoms with van der Waals surface area (Å²) < 4.78 is 24.4. The Bertz CT molecular complexity index is 263. The molecule has 0 aromatic heterocycles. The van der Waals surface area contributed by atoms with Crippen molar-refractivity contribution in [3.8, 4) is 0 Å². The Balaban J connectivity index is 2.66. The topological polar surface area (TPSA) is 57.6 Å². The van der Waals surface area contributed by atoms with Gasteiger partial charge in [0.1, 0.15) is 0 Å². The van der Waals surface area contributed by atoms with Crippen molar-refractivity contribution in [3.05, 3.63) is 0 Å². The lowest BCUT2D eigenvalue weighted by molar-refractivity contribution is 0.0629. The molecule has 0 aromatic rings. The molecule has 5 heteroatoms. The van der Waals surface area contributed by atoms with E-state index in [1.165, 1.54) is 4.31 Å². The highest BCUT2D eigenvalue weighted by Gasteiger charge is 2.30. The van der Waals surface area contributed by atoms with Gasteiger partial charge in [0.05, 0.1) is 11.9 Å². The molecule has 0 saturated carbocycles. The van der Waals surface area contributed by atoms with Crippen molar-refractivity contribution in [2.24, 2.45) is 5.92 Å². The van der Waals surface area contributed by atoms with Crippen LogP contribution < -0.4 is 0 Å². The van der Waals surface area contributed by atoms with Crippen LogP contribution in [0.4, 0.5) is 0 Å². The Morgan fingerprint density at radius 1 is 1.54 bits per heavy atom. The first kappa shape index (κ1) is 10.9. The molecule has 0 bridgehead atoms. The smallest absolute Gasteiger partial charge is 0.213 e. The Morgan fingerprint density at radius 2 is 2.15 bits per heavy atom. The summed E-state index contributed by atoms with van der Waals surface area (Å²) in [5.41, 5.74) is 0. The van der Waals surface area contributed by atoms with E-state index in [9.17, 15) is 13.5 Å². The highest BCUT2D eigenvalue weighted by Crippen LogP contribution is 2.19. The Hall–Kier alpha value is -0.130. The quantitative estimate of drug-likeness (QED) is 0.695. The van der Waals surface area contributed by atoms with Gasteiger partial charge in [0.25, 0.3) is 0 Å². The van der Waals surface area contributed by atoms with Gasteiger partial charge < -0.3 is 5.11 Å². The van der Waals surface area contributed by atoms with E-state index in [1.54, 1.807) is 6.92 Å². The van der Waals surface area contributed by atoms with Gasteiger partial charge in [0, 0.05) is 13.1 Å². The van der Waals surface area contributed by atoms with E-state index in [-0.39, 0.29) is 17.8 Å². The summed E-state index contributed by atoms with van der Waals surface area (Å²) in [6, 6.07) is 0. The van der Waals surface area contributed by atoms with Crippen LogP contribution >= 0.6 is 0 Å². The molecule has 0 aromatic carbocycles. The number of aliphatic hydroxyl groups excluding tert-OH is 1. The molecule has 2 atom stereocenters. The second-order valence-electron chi connectivity index (χ2n) is 3.59. The van der Waals surface area contributed by atoms with Gasteiger partial charge in [-0.2, -0.15) is 0 Å². The summed E-state index contributed by atoms with van der Waals surface area (Å²) in [4.78, 5) is 0. The summed E-state index contributed by atoms with van der Waals surface area (Å²) in [7, 11) is -3.06. The first-order chi connectivity index (χ1) is 5.97. The molecule has 4 nitrogen and oxygen atoms in total. The van der Waals surface area contributed by atoms with E-state index in [2.05, 4.69) is 0 Å². The average Bonchev–Trinajstić information content (AvgIpc) is 2.09. The summed E-state index contributed by atoms with van der Waals surface area (Å²) in [6.07, 6.45) is 0.212. The molecular weight excluding hydrogens is 190 g/mol. The van der Waals surface area contributed by atoms with E-state index in [0.29, 0.717) is 19.5 Å². The van der Waals surface area contributed by atoms with Crippen LogP contribution in [0.2, 0.25) is 0 Å². The molecule has 0 aliphatic carbocycles. The van der Waals surface area contributed by atoms with Crippen LogP contribution in [0.15, 0.2) is 0 Å². The van der Waals surface area contributed by atoms with E-state index < -0.39 is 10.0 Å². The zero-order valence-corrected chi connectivity index (χ0v) is 8.92. The summed E-state index contributed by atoms with van der Waals surface area (Å²) in [6.45, 7) is 4.44. The number of aliphatic hydroxyl groups is 1. The van der Waals surface area contributed by atoms with Gasteiger partial charge in [0.15, 0.2) is 0 Å². The van der Waals surface area contributed by atoms with Crippen LogP contribution in [0, 0.1) is 5.92 Å². The Morgan fingerprint density at radius 3 is 2.62 bits per heavy atom. The molecule has 2 unspecified atom stereocenters. The maximum Gasteiger partial charge on any atom is 0.213 e. The van der Waals surface area contributed by atoms with Gasteiger partial charge in [-0.05, 0) is 19.3 Å². The lowest BCUT2D eigenvalue weighted by Gasteiger charge is -2.33. The zero-order chi connectivity index (χ0) is 10.1. The second-order valence-corrected chi connectivity index (χ2v) is 5.85. The average molecular weight is 207 g/mol. The van der Waals surface area contributed by atoms with Crippen LogP contribution in [-0.4, -0.2) is 42.8 Å². The van der Waals surface area contributed by atoms with E-state index in [1.807, 2.05) is 6.92 Å². The second kappa shape index (κ2) is 3.94. The summed E-state index contributed by atoms with van der Waals surface area (Å²) >= 11 is 0. The maximum absolute atomic E-state index is 11.5. The van der Waals surface area contributed by atoms with Gasteiger partial charge in [-0.15, -0.1) is 0 Å².